The number of nitrogens with zero attached hydrogens (tertiary/aromatic N) is 1. The lowest BCUT2D eigenvalue weighted by Crippen LogP contribution is -2.33. The molecule has 4 heteroatoms. The first-order chi connectivity index (χ1) is 12.7. The van der Waals surface area contributed by atoms with Gasteiger partial charge in [0.25, 0.3) is 0 Å². The van der Waals surface area contributed by atoms with Crippen molar-refractivity contribution in [2.75, 3.05) is 11.9 Å². The molecule has 3 rings (SSSR count). The highest BCUT2D eigenvalue weighted by atomic mass is 16.5. The van der Waals surface area contributed by atoms with Gasteiger partial charge >= 0.3 is 5.97 Å². The number of fused-ring (bicyclic) bond motifs is 1. The van der Waals surface area contributed by atoms with E-state index < -0.39 is 6.04 Å². The summed E-state index contributed by atoms with van der Waals surface area (Å²) >= 11 is 0. The molecule has 1 N–H and O–H groups in total. The van der Waals surface area contributed by atoms with E-state index >= 15 is 0 Å². The molecule has 4 nitrogen and oxygen atoms in total. The van der Waals surface area contributed by atoms with E-state index in [4.69, 9.17) is 4.74 Å². The average molecular weight is 346 g/mol. The number of aromatic nitrogens is 1. The standard InChI is InChI=1S/C22H22N2O2/c1-3-14-26-22(25)21(23-18-11-8-16(2)9-12-18)15-19-13-10-17-6-4-5-7-20(17)24-19/h3-13,21,23H,1,14-15H2,2H3. The fourth-order valence-corrected chi connectivity index (χ4v) is 2.72. The zero-order valence-corrected chi connectivity index (χ0v) is 14.8. The summed E-state index contributed by atoms with van der Waals surface area (Å²) in [6.07, 6.45) is 2.00. The molecule has 1 heterocycles. The number of hydrogen-bond donors (Lipinski definition) is 1. The lowest BCUT2D eigenvalue weighted by molar-refractivity contribution is -0.143. The van der Waals surface area contributed by atoms with Gasteiger partial charge in [-0.15, -0.1) is 0 Å². The van der Waals surface area contributed by atoms with Crippen molar-refractivity contribution in [1.82, 2.24) is 4.98 Å². The van der Waals surface area contributed by atoms with Gasteiger partial charge in [-0.25, -0.2) is 4.79 Å². The minimum absolute atomic E-state index is 0.191. The van der Waals surface area contributed by atoms with Crippen LogP contribution in [-0.2, 0) is 16.0 Å². The number of anilines is 1. The number of nitrogens with one attached hydrogen (secondary N) is 1. The molecule has 132 valence electrons. The van der Waals surface area contributed by atoms with Gasteiger partial charge in [-0.3, -0.25) is 4.98 Å². The summed E-state index contributed by atoms with van der Waals surface area (Å²) in [5, 5.41) is 4.34. The van der Waals surface area contributed by atoms with E-state index in [1.54, 1.807) is 6.08 Å². The summed E-state index contributed by atoms with van der Waals surface area (Å²) in [7, 11) is 0. The molecule has 0 spiro atoms. The molecule has 1 atom stereocenters. The van der Waals surface area contributed by atoms with Crippen molar-refractivity contribution in [3.63, 3.8) is 0 Å². The Hall–Kier alpha value is -3.14. The second-order valence-electron chi connectivity index (χ2n) is 6.18. The van der Waals surface area contributed by atoms with Crippen molar-refractivity contribution in [3.05, 3.63) is 84.6 Å². The van der Waals surface area contributed by atoms with Crippen LogP contribution in [0.4, 0.5) is 5.69 Å². The van der Waals surface area contributed by atoms with Crippen LogP contribution in [0.15, 0.2) is 73.3 Å². The average Bonchev–Trinajstić information content (AvgIpc) is 2.67. The van der Waals surface area contributed by atoms with Crippen molar-refractivity contribution in [1.29, 1.82) is 0 Å². The third-order valence-electron chi connectivity index (χ3n) is 4.09. The first kappa shape index (κ1) is 17.7. The van der Waals surface area contributed by atoms with E-state index in [1.807, 2.05) is 67.6 Å². The number of esters is 1. The van der Waals surface area contributed by atoms with E-state index in [0.29, 0.717) is 6.42 Å². The van der Waals surface area contributed by atoms with E-state index in [1.165, 1.54) is 0 Å². The molecule has 1 unspecified atom stereocenters. The van der Waals surface area contributed by atoms with Crippen molar-refractivity contribution >= 4 is 22.6 Å². The van der Waals surface area contributed by atoms with Crippen LogP contribution < -0.4 is 5.32 Å². The summed E-state index contributed by atoms with van der Waals surface area (Å²) < 4.78 is 5.26. The number of aryl methyl sites for hydroxylation is 1. The summed E-state index contributed by atoms with van der Waals surface area (Å²) in [6.45, 7) is 5.81. The van der Waals surface area contributed by atoms with Gasteiger partial charge in [-0.1, -0.05) is 54.6 Å². The van der Waals surface area contributed by atoms with Gasteiger partial charge in [-0.2, -0.15) is 0 Å². The van der Waals surface area contributed by atoms with Crippen molar-refractivity contribution in [2.45, 2.75) is 19.4 Å². The van der Waals surface area contributed by atoms with Crippen molar-refractivity contribution < 1.29 is 9.53 Å². The molecule has 2 aromatic carbocycles. The van der Waals surface area contributed by atoms with Crippen LogP contribution in [0.3, 0.4) is 0 Å². The topological polar surface area (TPSA) is 51.2 Å². The molecule has 0 aliphatic heterocycles. The first-order valence-electron chi connectivity index (χ1n) is 8.61. The van der Waals surface area contributed by atoms with Crippen LogP contribution in [0.5, 0.6) is 0 Å². The molecular weight excluding hydrogens is 324 g/mol. The number of para-hydroxylation sites is 1. The maximum atomic E-state index is 12.5. The molecule has 1 aromatic heterocycles. The smallest absolute Gasteiger partial charge is 0.329 e. The quantitative estimate of drug-likeness (QED) is 0.512. The number of carbonyl (C=O) groups excluding carboxylic acids is 1. The van der Waals surface area contributed by atoms with Crippen LogP contribution in [0.25, 0.3) is 10.9 Å². The van der Waals surface area contributed by atoms with Crippen molar-refractivity contribution in [3.8, 4) is 0 Å². The molecule has 0 aliphatic carbocycles. The maximum absolute atomic E-state index is 12.5. The largest absolute Gasteiger partial charge is 0.460 e. The highest BCUT2D eigenvalue weighted by molar-refractivity contribution is 5.81. The van der Waals surface area contributed by atoms with E-state index in [9.17, 15) is 4.79 Å². The van der Waals surface area contributed by atoms with Crippen LogP contribution in [0.2, 0.25) is 0 Å². The molecule has 0 radical (unpaired) electrons. The predicted molar refractivity (Wildman–Crippen MR) is 105 cm³/mol. The monoisotopic (exact) mass is 346 g/mol. The molecule has 0 fully saturated rings. The van der Waals surface area contributed by atoms with Gasteiger partial charge in [0.15, 0.2) is 0 Å². The summed E-state index contributed by atoms with van der Waals surface area (Å²) in [4.78, 5) is 17.1. The van der Waals surface area contributed by atoms with Crippen LogP contribution in [0, 0.1) is 6.92 Å². The lowest BCUT2D eigenvalue weighted by atomic mass is 10.1. The fourth-order valence-electron chi connectivity index (χ4n) is 2.72. The minimum Gasteiger partial charge on any atom is -0.460 e. The second-order valence-corrected chi connectivity index (χ2v) is 6.18. The number of carbonyl (C=O) groups is 1. The Morgan fingerprint density at radius 3 is 2.69 bits per heavy atom. The third kappa shape index (κ3) is 4.48. The minimum atomic E-state index is -0.522. The summed E-state index contributed by atoms with van der Waals surface area (Å²) in [5.74, 6) is -0.319. The Bertz CT molecular complexity index is 903. The Balaban J connectivity index is 1.82. The molecule has 0 aliphatic rings. The number of ether oxygens (including phenoxy) is 1. The number of hydrogen-bond acceptors (Lipinski definition) is 4. The van der Waals surface area contributed by atoms with Gasteiger partial charge in [0.05, 0.1) is 5.52 Å². The Morgan fingerprint density at radius 2 is 1.92 bits per heavy atom. The molecule has 3 aromatic rings. The fraction of sp³-hybridized carbons (Fsp3) is 0.182. The van der Waals surface area contributed by atoms with E-state index in [2.05, 4.69) is 16.9 Å². The molecule has 26 heavy (non-hydrogen) atoms. The highest BCUT2D eigenvalue weighted by Crippen LogP contribution is 2.16. The van der Waals surface area contributed by atoms with Gasteiger partial charge < -0.3 is 10.1 Å². The molecule has 0 saturated heterocycles. The van der Waals surface area contributed by atoms with Crippen LogP contribution >= 0.6 is 0 Å². The second kappa shape index (κ2) is 8.30. The maximum Gasteiger partial charge on any atom is 0.329 e. The zero-order chi connectivity index (χ0) is 18.4. The predicted octanol–water partition coefficient (Wildman–Crippen LogP) is 4.30. The lowest BCUT2D eigenvalue weighted by Gasteiger charge is -2.18. The zero-order valence-electron chi connectivity index (χ0n) is 14.8. The van der Waals surface area contributed by atoms with Gasteiger partial charge in [0.1, 0.15) is 12.6 Å². The molecular formula is C22H22N2O2. The van der Waals surface area contributed by atoms with E-state index in [-0.39, 0.29) is 12.6 Å². The van der Waals surface area contributed by atoms with Crippen LogP contribution in [-0.4, -0.2) is 23.6 Å². The van der Waals surface area contributed by atoms with Crippen molar-refractivity contribution in [2.24, 2.45) is 0 Å². The molecule has 0 amide bonds. The number of benzene rings is 2. The number of rotatable bonds is 7. The first-order valence-corrected chi connectivity index (χ1v) is 8.61. The number of pyridine rings is 1. The summed E-state index contributed by atoms with van der Waals surface area (Å²) in [6, 6.07) is 19.3. The summed E-state index contributed by atoms with van der Waals surface area (Å²) in [5.41, 5.74) is 3.79. The molecule has 0 bridgehead atoms. The Kier molecular flexibility index (Phi) is 5.64. The van der Waals surface area contributed by atoms with Crippen LogP contribution in [0.1, 0.15) is 11.3 Å². The SMILES string of the molecule is C=CCOC(=O)C(Cc1ccc2ccccc2n1)Nc1ccc(C)cc1. The highest BCUT2D eigenvalue weighted by Gasteiger charge is 2.21. The van der Waals surface area contributed by atoms with Gasteiger partial charge in [0.2, 0.25) is 0 Å². The van der Waals surface area contributed by atoms with Gasteiger partial charge in [0, 0.05) is 23.2 Å². The Labute approximate surface area is 153 Å². The third-order valence-corrected chi connectivity index (χ3v) is 4.09. The molecule has 0 saturated carbocycles. The Morgan fingerprint density at radius 1 is 1.15 bits per heavy atom. The van der Waals surface area contributed by atoms with Gasteiger partial charge in [-0.05, 0) is 31.2 Å². The normalized spacial score (nSPS) is 11.7. The van der Waals surface area contributed by atoms with E-state index in [0.717, 1.165) is 27.8 Å².